The van der Waals surface area contributed by atoms with Crippen molar-refractivity contribution < 1.29 is 4.74 Å². The Morgan fingerprint density at radius 1 is 1.39 bits per heavy atom. The van der Waals surface area contributed by atoms with Gasteiger partial charge < -0.3 is 10.1 Å². The van der Waals surface area contributed by atoms with Crippen LogP contribution in [0.25, 0.3) is 0 Å². The highest BCUT2D eigenvalue weighted by atomic mass is 16.5. The van der Waals surface area contributed by atoms with Crippen molar-refractivity contribution in [3.63, 3.8) is 0 Å². The first kappa shape index (κ1) is 14.3. The van der Waals surface area contributed by atoms with E-state index >= 15 is 0 Å². The van der Waals surface area contributed by atoms with Gasteiger partial charge in [-0.15, -0.1) is 0 Å². The van der Waals surface area contributed by atoms with Crippen LogP contribution in [0.4, 0.5) is 0 Å². The van der Waals surface area contributed by atoms with E-state index in [0.29, 0.717) is 11.5 Å². The lowest BCUT2D eigenvalue weighted by atomic mass is 9.89. The number of rotatable bonds is 5. The molecule has 2 heterocycles. The molecule has 2 atom stereocenters. The van der Waals surface area contributed by atoms with E-state index in [1.165, 1.54) is 45.7 Å². The predicted octanol–water partition coefficient (Wildman–Crippen LogP) is 0.639. The van der Waals surface area contributed by atoms with E-state index in [2.05, 4.69) is 29.0 Å². The molecule has 2 rings (SSSR count). The fourth-order valence-corrected chi connectivity index (χ4v) is 3.30. The van der Waals surface area contributed by atoms with Crippen LogP contribution in [0.3, 0.4) is 0 Å². The van der Waals surface area contributed by atoms with Gasteiger partial charge in [0.2, 0.25) is 0 Å². The van der Waals surface area contributed by atoms with Gasteiger partial charge in [-0.05, 0) is 25.3 Å². The fourth-order valence-electron chi connectivity index (χ4n) is 3.30. The van der Waals surface area contributed by atoms with Gasteiger partial charge in [0.25, 0.3) is 0 Å². The van der Waals surface area contributed by atoms with Crippen molar-refractivity contribution in [3.8, 4) is 0 Å². The first-order valence-corrected chi connectivity index (χ1v) is 7.29. The van der Waals surface area contributed by atoms with Crippen LogP contribution in [-0.4, -0.2) is 75.4 Å². The zero-order valence-electron chi connectivity index (χ0n) is 12.2. The van der Waals surface area contributed by atoms with Crippen LogP contribution >= 0.6 is 0 Å². The van der Waals surface area contributed by atoms with Crippen LogP contribution in [0.2, 0.25) is 0 Å². The summed E-state index contributed by atoms with van der Waals surface area (Å²) in [7, 11) is 1.79. The Bertz CT molecular complexity index is 253. The van der Waals surface area contributed by atoms with Crippen LogP contribution in [0.1, 0.15) is 20.3 Å². The summed E-state index contributed by atoms with van der Waals surface area (Å²) < 4.78 is 5.18. The maximum absolute atomic E-state index is 5.18. The Hall–Kier alpha value is -0.160. The smallest absolute Gasteiger partial charge is 0.0589 e. The molecule has 0 aromatic heterocycles. The summed E-state index contributed by atoms with van der Waals surface area (Å²) in [6, 6.07) is 0.659. The Kier molecular flexibility index (Phi) is 5.01. The molecular weight excluding hydrogens is 226 g/mol. The molecule has 106 valence electrons. The third-order valence-corrected chi connectivity index (χ3v) is 4.49. The van der Waals surface area contributed by atoms with Crippen molar-refractivity contribution >= 4 is 0 Å². The summed E-state index contributed by atoms with van der Waals surface area (Å²) >= 11 is 0. The van der Waals surface area contributed by atoms with Gasteiger partial charge in [0.1, 0.15) is 0 Å². The summed E-state index contributed by atoms with van der Waals surface area (Å²) in [4.78, 5) is 5.20. The minimum Gasteiger partial charge on any atom is -0.383 e. The van der Waals surface area contributed by atoms with Gasteiger partial charge >= 0.3 is 0 Å². The minimum absolute atomic E-state index is 0.494. The maximum Gasteiger partial charge on any atom is 0.0589 e. The van der Waals surface area contributed by atoms with E-state index in [9.17, 15) is 0 Å². The van der Waals surface area contributed by atoms with Gasteiger partial charge in [0, 0.05) is 52.4 Å². The average Bonchev–Trinajstić information content (AvgIpc) is 2.75. The number of nitrogens with zero attached hydrogens (tertiary/aromatic N) is 2. The highest BCUT2D eigenvalue weighted by molar-refractivity contribution is 4.89. The topological polar surface area (TPSA) is 27.7 Å². The van der Waals surface area contributed by atoms with E-state index < -0.39 is 0 Å². The zero-order chi connectivity index (χ0) is 13.0. The van der Waals surface area contributed by atoms with Crippen LogP contribution in [0, 0.1) is 5.41 Å². The molecule has 4 nitrogen and oxygen atoms in total. The highest BCUT2D eigenvalue weighted by Gasteiger charge is 2.33. The number of hydrogen-bond acceptors (Lipinski definition) is 4. The molecule has 2 aliphatic rings. The van der Waals surface area contributed by atoms with E-state index in [1.54, 1.807) is 7.11 Å². The number of methoxy groups -OCH3 is 1. The molecule has 2 unspecified atom stereocenters. The zero-order valence-corrected chi connectivity index (χ0v) is 12.2. The van der Waals surface area contributed by atoms with E-state index in [0.717, 1.165) is 13.2 Å². The SMILES string of the molecule is COCCN1CCN(CC2(C)CCNC2)CC1C. The lowest BCUT2D eigenvalue weighted by molar-refractivity contribution is 0.0423. The summed E-state index contributed by atoms with van der Waals surface area (Å²) in [5, 5.41) is 3.50. The molecule has 0 aromatic carbocycles. The molecule has 0 aromatic rings. The molecule has 2 aliphatic heterocycles. The van der Waals surface area contributed by atoms with Gasteiger partial charge in [-0.3, -0.25) is 9.80 Å². The van der Waals surface area contributed by atoms with Crippen LogP contribution < -0.4 is 5.32 Å². The molecule has 0 spiro atoms. The summed E-state index contributed by atoms with van der Waals surface area (Å²) in [5.41, 5.74) is 0.494. The molecule has 0 bridgehead atoms. The Labute approximate surface area is 112 Å². The van der Waals surface area contributed by atoms with Crippen molar-refractivity contribution in [1.82, 2.24) is 15.1 Å². The maximum atomic E-state index is 5.18. The molecule has 1 N–H and O–H groups in total. The van der Waals surface area contributed by atoms with Gasteiger partial charge in [-0.1, -0.05) is 6.92 Å². The fraction of sp³-hybridized carbons (Fsp3) is 1.00. The van der Waals surface area contributed by atoms with Gasteiger partial charge in [0.15, 0.2) is 0 Å². The summed E-state index contributed by atoms with van der Waals surface area (Å²) in [6.45, 7) is 13.9. The van der Waals surface area contributed by atoms with Crippen LogP contribution in [0.5, 0.6) is 0 Å². The monoisotopic (exact) mass is 255 g/mol. The normalized spacial score (nSPS) is 35.2. The predicted molar refractivity (Wildman–Crippen MR) is 74.9 cm³/mol. The average molecular weight is 255 g/mol. The number of hydrogen-bond donors (Lipinski definition) is 1. The van der Waals surface area contributed by atoms with Crippen molar-refractivity contribution in [2.24, 2.45) is 5.41 Å². The van der Waals surface area contributed by atoms with E-state index in [4.69, 9.17) is 4.74 Å². The quantitative estimate of drug-likeness (QED) is 0.780. The van der Waals surface area contributed by atoms with E-state index in [-0.39, 0.29) is 0 Å². The third-order valence-electron chi connectivity index (χ3n) is 4.49. The van der Waals surface area contributed by atoms with E-state index in [1.807, 2.05) is 0 Å². The number of piperazine rings is 1. The second-order valence-electron chi connectivity index (χ2n) is 6.35. The van der Waals surface area contributed by atoms with Crippen molar-refractivity contribution in [2.75, 3.05) is 59.5 Å². The first-order chi connectivity index (χ1) is 8.63. The molecular formula is C14H29N3O. The second kappa shape index (κ2) is 6.33. The molecule has 4 heteroatoms. The van der Waals surface area contributed by atoms with Crippen LogP contribution in [-0.2, 0) is 4.74 Å². The molecule has 0 aliphatic carbocycles. The highest BCUT2D eigenvalue weighted by Crippen LogP contribution is 2.26. The lowest BCUT2D eigenvalue weighted by Gasteiger charge is -2.42. The summed E-state index contributed by atoms with van der Waals surface area (Å²) in [5.74, 6) is 0. The Morgan fingerprint density at radius 2 is 2.22 bits per heavy atom. The standard InChI is InChI=1S/C14H29N3O/c1-13-10-16(6-7-17(13)8-9-18-3)12-14(2)4-5-15-11-14/h13,15H,4-12H2,1-3H3. The Morgan fingerprint density at radius 3 is 2.83 bits per heavy atom. The minimum atomic E-state index is 0.494. The van der Waals surface area contributed by atoms with Crippen LogP contribution in [0.15, 0.2) is 0 Å². The molecule has 18 heavy (non-hydrogen) atoms. The van der Waals surface area contributed by atoms with Crippen molar-refractivity contribution in [3.05, 3.63) is 0 Å². The summed E-state index contributed by atoms with van der Waals surface area (Å²) in [6.07, 6.45) is 1.32. The number of ether oxygens (including phenoxy) is 1. The molecule has 0 radical (unpaired) electrons. The molecule has 0 saturated carbocycles. The largest absolute Gasteiger partial charge is 0.383 e. The molecule has 2 fully saturated rings. The first-order valence-electron chi connectivity index (χ1n) is 7.29. The number of nitrogens with one attached hydrogen (secondary N) is 1. The second-order valence-corrected chi connectivity index (χ2v) is 6.35. The van der Waals surface area contributed by atoms with Crippen molar-refractivity contribution in [2.45, 2.75) is 26.3 Å². The molecule has 2 saturated heterocycles. The van der Waals surface area contributed by atoms with Gasteiger partial charge in [-0.2, -0.15) is 0 Å². The third kappa shape index (κ3) is 3.67. The van der Waals surface area contributed by atoms with Gasteiger partial charge in [0.05, 0.1) is 6.61 Å². The lowest BCUT2D eigenvalue weighted by Crippen LogP contribution is -2.54. The molecule has 0 amide bonds. The Balaban J connectivity index is 1.77. The van der Waals surface area contributed by atoms with Crippen molar-refractivity contribution in [1.29, 1.82) is 0 Å². The van der Waals surface area contributed by atoms with Gasteiger partial charge in [-0.25, -0.2) is 0 Å².